The standard InChI is InChI=1S/C16H32O2.BH2O3.Zn/c1-2-3-4-5-6-7-8-9-10-11-12-13-14-15-16(17)18;2-1(3)4;/h2-15H2,1H3,(H,17,18);2-3H;/q;-1;+2/p-1. The summed E-state index contributed by atoms with van der Waals surface area (Å²) in [4.78, 5) is 10.2. The molecule has 2 N–H and O–H groups in total. The molecule has 0 saturated heterocycles. The van der Waals surface area contributed by atoms with Crippen LogP contribution in [0.4, 0.5) is 0 Å². The van der Waals surface area contributed by atoms with E-state index in [2.05, 4.69) is 6.92 Å². The van der Waals surface area contributed by atoms with Crippen LogP contribution >= 0.6 is 0 Å². The van der Waals surface area contributed by atoms with Crippen LogP contribution in [0.1, 0.15) is 96.8 Å². The maximum atomic E-state index is 10.2. The first-order chi connectivity index (χ1) is 10.5. The van der Waals surface area contributed by atoms with Gasteiger partial charge in [-0.05, 0) is 12.8 Å². The Kier molecular flexibility index (Phi) is 29.4. The van der Waals surface area contributed by atoms with Gasteiger partial charge in [0, 0.05) is 5.97 Å². The quantitative estimate of drug-likeness (QED) is 0.351. The van der Waals surface area contributed by atoms with Crippen LogP contribution in [0.5, 0.6) is 0 Å². The summed E-state index contributed by atoms with van der Waals surface area (Å²) in [6.45, 7) is 2.26. The number of carboxylic acid groups (broad SMARTS) is 1. The zero-order valence-corrected chi connectivity index (χ0v) is 17.8. The van der Waals surface area contributed by atoms with Gasteiger partial charge in [-0.1, -0.05) is 84.0 Å². The van der Waals surface area contributed by atoms with E-state index >= 15 is 0 Å². The molecule has 0 aliphatic rings. The molecule has 0 bridgehead atoms. The minimum Gasteiger partial charge on any atom is -0.832 e. The van der Waals surface area contributed by atoms with Gasteiger partial charge in [0.2, 0.25) is 0 Å². The van der Waals surface area contributed by atoms with Gasteiger partial charge in [-0.25, -0.2) is 0 Å². The Morgan fingerprint density at radius 1 is 0.783 bits per heavy atom. The molecule has 0 rings (SSSR count). The number of hydrogen-bond acceptors (Lipinski definition) is 5. The molecule has 0 aliphatic carbocycles. The van der Waals surface area contributed by atoms with Gasteiger partial charge in [0.05, 0.1) is 0 Å². The van der Waals surface area contributed by atoms with Gasteiger partial charge < -0.3 is 25.0 Å². The SMILES string of the molecule is CCCCCCCCCCCCCCCC(=O)[O-].[O-]B(O)O.[Zn+2]. The number of carbonyl (C=O) groups is 1. The van der Waals surface area contributed by atoms with Gasteiger partial charge in [-0.3, -0.25) is 0 Å². The molecule has 0 spiro atoms. The van der Waals surface area contributed by atoms with E-state index in [0.29, 0.717) is 0 Å². The Bertz CT molecular complexity index is 228. The molecule has 0 aromatic rings. The van der Waals surface area contributed by atoms with E-state index in [-0.39, 0.29) is 25.9 Å². The van der Waals surface area contributed by atoms with Crippen molar-refractivity contribution in [3.63, 3.8) is 0 Å². The third-order valence-corrected chi connectivity index (χ3v) is 3.48. The zero-order valence-electron chi connectivity index (χ0n) is 14.8. The molecule has 23 heavy (non-hydrogen) atoms. The number of rotatable bonds is 14. The summed E-state index contributed by atoms with van der Waals surface area (Å²) in [6, 6.07) is 0. The molecule has 5 nitrogen and oxygen atoms in total. The third kappa shape index (κ3) is 39.1. The molecule has 7 heteroatoms. The van der Waals surface area contributed by atoms with Crippen molar-refractivity contribution in [2.24, 2.45) is 0 Å². The van der Waals surface area contributed by atoms with E-state index in [1.165, 1.54) is 70.6 Å². The summed E-state index contributed by atoms with van der Waals surface area (Å²) in [5.74, 6) is -0.905. The number of carboxylic acids is 1. The third-order valence-electron chi connectivity index (χ3n) is 3.48. The van der Waals surface area contributed by atoms with Crippen molar-refractivity contribution >= 4 is 13.3 Å². The second-order valence-electron chi connectivity index (χ2n) is 5.69. The van der Waals surface area contributed by atoms with Crippen molar-refractivity contribution < 1.29 is 44.5 Å². The van der Waals surface area contributed by atoms with Crippen molar-refractivity contribution in [1.82, 2.24) is 0 Å². The number of unbranched alkanes of at least 4 members (excludes halogenated alkanes) is 12. The predicted octanol–water partition coefficient (Wildman–Crippen LogP) is 1.53. The molecular weight excluding hydrogens is 348 g/mol. The number of hydrogen-bond donors (Lipinski definition) is 2. The first kappa shape index (κ1) is 27.9. The van der Waals surface area contributed by atoms with Crippen LogP contribution in [0.2, 0.25) is 0 Å². The summed E-state index contributed by atoms with van der Waals surface area (Å²) < 4.78 is 0. The fourth-order valence-corrected chi connectivity index (χ4v) is 2.29. The van der Waals surface area contributed by atoms with Gasteiger partial charge in [-0.15, -0.1) is 0 Å². The van der Waals surface area contributed by atoms with Crippen LogP contribution in [0.15, 0.2) is 0 Å². The van der Waals surface area contributed by atoms with Gasteiger partial charge >= 0.3 is 26.8 Å². The van der Waals surface area contributed by atoms with Crippen molar-refractivity contribution in [3.8, 4) is 0 Å². The summed E-state index contributed by atoms with van der Waals surface area (Å²) in [6.07, 6.45) is 16.9. The molecule has 0 aromatic carbocycles. The number of carbonyl (C=O) groups excluding carboxylic acids is 1. The van der Waals surface area contributed by atoms with E-state index < -0.39 is 13.3 Å². The predicted molar refractivity (Wildman–Crippen MR) is 85.5 cm³/mol. The Morgan fingerprint density at radius 3 is 1.30 bits per heavy atom. The minimum atomic E-state index is -2.42. The average Bonchev–Trinajstić information content (AvgIpc) is 2.43. The smallest absolute Gasteiger partial charge is 0.832 e. The summed E-state index contributed by atoms with van der Waals surface area (Å²) in [7, 11) is -2.42. The normalized spacial score (nSPS) is 9.57. The van der Waals surface area contributed by atoms with Gasteiger partial charge in [0.25, 0.3) is 0 Å². The van der Waals surface area contributed by atoms with Crippen molar-refractivity contribution in [1.29, 1.82) is 0 Å². The number of aliphatic carboxylic acids is 1. The van der Waals surface area contributed by atoms with Crippen LogP contribution in [0, 0.1) is 0 Å². The van der Waals surface area contributed by atoms with Crippen molar-refractivity contribution in [2.75, 3.05) is 0 Å². The van der Waals surface area contributed by atoms with Gasteiger partial charge in [-0.2, -0.15) is 0 Å². The molecule has 0 unspecified atom stereocenters. The van der Waals surface area contributed by atoms with Gasteiger partial charge in [0.1, 0.15) is 0 Å². The Morgan fingerprint density at radius 2 is 1.04 bits per heavy atom. The van der Waals surface area contributed by atoms with E-state index in [9.17, 15) is 9.90 Å². The van der Waals surface area contributed by atoms with E-state index in [0.717, 1.165) is 12.8 Å². The van der Waals surface area contributed by atoms with E-state index in [4.69, 9.17) is 15.1 Å². The fraction of sp³-hybridized carbons (Fsp3) is 0.938. The van der Waals surface area contributed by atoms with Crippen LogP contribution in [-0.2, 0) is 24.3 Å². The van der Waals surface area contributed by atoms with Crippen LogP contribution in [0.25, 0.3) is 0 Å². The molecule has 0 radical (unpaired) electrons. The monoisotopic (exact) mass is 380 g/mol. The Balaban J connectivity index is -0.000000712. The summed E-state index contributed by atoms with van der Waals surface area (Å²) >= 11 is 0. The maximum Gasteiger partial charge on any atom is 2.00 e. The summed E-state index contributed by atoms with van der Waals surface area (Å²) in [5, 5.41) is 32.9. The molecule has 0 aliphatic heterocycles. The summed E-state index contributed by atoms with van der Waals surface area (Å²) in [5.41, 5.74) is 0. The minimum absolute atomic E-state index is 0. The second kappa shape index (κ2) is 24.3. The van der Waals surface area contributed by atoms with Crippen LogP contribution in [-0.4, -0.2) is 23.3 Å². The largest absolute Gasteiger partial charge is 2.00 e. The fourth-order valence-electron chi connectivity index (χ4n) is 2.29. The van der Waals surface area contributed by atoms with E-state index in [1.54, 1.807) is 0 Å². The van der Waals surface area contributed by atoms with Crippen LogP contribution in [0.3, 0.4) is 0 Å². The molecule has 0 amide bonds. The first-order valence-electron chi connectivity index (χ1n) is 8.72. The van der Waals surface area contributed by atoms with Crippen LogP contribution < -0.4 is 10.1 Å². The first-order valence-corrected chi connectivity index (χ1v) is 8.72. The molecule has 0 atom stereocenters. The van der Waals surface area contributed by atoms with E-state index in [1.807, 2.05) is 0 Å². The molecular formula is C16H33BO5Zn. The molecule has 0 aromatic heterocycles. The molecule has 132 valence electrons. The van der Waals surface area contributed by atoms with Crippen molar-refractivity contribution in [3.05, 3.63) is 0 Å². The van der Waals surface area contributed by atoms with Crippen molar-refractivity contribution in [2.45, 2.75) is 96.8 Å². The molecule has 0 saturated carbocycles. The maximum absolute atomic E-state index is 10.2. The second-order valence-corrected chi connectivity index (χ2v) is 5.69. The topological polar surface area (TPSA) is 104 Å². The molecule has 0 heterocycles. The zero-order chi connectivity index (χ0) is 17.1. The molecule has 0 fully saturated rings. The Hall–Kier alpha value is 0.0383. The Labute approximate surface area is 154 Å². The van der Waals surface area contributed by atoms with Gasteiger partial charge in [0.15, 0.2) is 0 Å². The average molecular weight is 382 g/mol.